The second kappa shape index (κ2) is 16.9. The molecule has 11 nitrogen and oxygen atoms in total. The first-order valence-corrected chi connectivity index (χ1v) is 18.8. The van der Waals surface area contributed by atoms with Crippen molar-refractivity contribution in [1.82, 2.24) is 24.2 Å². The molecule has 0 saturated heterocycles. The third-order valence-electron chi connectivity index (χ3n) is 9.36. The standard InChI is InChI=1S/C40H47N6O5P/c1-28(2)46(29(3)4)52(50-22-10-21-41)51-36-23-33(24-36)45-38(44-37-25-42-27-43-39(37)45)26-49-40(30-11-8-7-9-12-30,31-13-17-34(47-5)18-14-31)32-15-19-35(48-6)20-16-32/h7-9,11-20,25,27-29,33,36H,10,22-24,26H2,1-6H3. The largest absolute Gasteiger partial charge is 0.497 e. The molecule has 6 rings (SSSR count). The molecule has 0 amide bonds. The van der Waals surface area contributed by atoms with Crippen LogP contribution in [0.25, 0.3) is 11.2 Å². The summed E-state index contributed by atoms with van der Waals surface area (Å²) in [6.45, 7) is 9.10. The van der Waals surface area contributed by atoms with Gasteiger partial charge in [0.1, 0.15) is 41.4 Å². The van der Waals surface area contributed by atoms with Gasteiger partial charge in [0.25, 0.3) is 8.53 Å². The number of ether oxygens (including phenoxy) is 3. The van der Waals surface area contributed by atoms with E-state index in [2.05, 4.69) is 65.1 Å². The van der Waals surface area contributed by atoms with E-state index in [1.807, 2.05) is 66.7 Å². The van der Waals surface area contributed by atoms with Crippen molar-refractivity contribution in [3.8, 4) is 17.6 Å². The quantitative estimate of drug-likeness (QED) is 0.0527. The number of aromatic nitrogens is 4. The normalized spacial score (nSPS) is 16.6. The van der Waals surface area contributed by atoms with E-state index < -0.39 is 14.1 Å². The van der Waals surface area contributed by atoms with E-state index in [4.69, 9.17) is 33.5 Å². The molecule has 2 aromatic heterocycles. The fraction of sp³-hybridized carbons (Fsp3) is 0.400. The van der Waals surface area contributed by atoms with Crippen LogP contribution in [0.3, 0.4) is 0 Å². The molecule has 0 N–H and O–H groups in total. The predicted octanol–water partition coefficient (Wildman–Crippen LogP) is 8.35. The van der Waals surface area contributed by atoms with Crippen molar-refractivity contribution in [2.24, 2.45) is 0 Å². The lowest BCUT2D eigenvalue weighted by Gasteiger charge is -2.42. The molecule has 0 bridgehead atoms. The van der Waals surface area contributed by atoms with Crippen molar-refractivity contribution in [1.29, 1.82) is 5.26 Å². The zero-order chi connectivity index (χ0) is 36.7. The lowest BCUT2D eigenvalue weighted by Crippen LogP contribution is -2.38. The Balaban J connectivity index is 1.34. The summed E-state index contributed by atoms with van der Waals surface area (Å²) in [7, 11) is 1.98. The number of fused-ring (bicyclic) bond motifs is 1. The fourth-order valence-electron chi connectivity index (χ4n) is 6.88. The molecule has 1 aliphatic carbocycles. The first kappa shape index (κ1) is 37.3. The number of imidazole rings is 1. The van der Waals surface area contributed by atoms with Gasteiger partial charge in [-0.15, -0.1) is 0 Å². The van der Waals surface area contributed by atoms with Crippen molar-refractivity contribution in [2.75, 3.05) is 20.8 Å². The zero-order valence-electron chi connectivity index (χ0n) is 30.7. The average Bonchev–Trinajstić information content (AvgIpc) is 3.51. The van der Waals surface area contributed by atoms with Gasteiger partial charge in [0, 0.05) is 18.1 Å². The number of hydrogen-bond acceptors (Lipinski definition) is 10. The van der Waals surface area contributed by atoms with Gasteiger partial charge in [-0.05, 0) is 81.5 Å². The number of hydrogen-bond donors (Lipinski definition) is 0. The van der Waals surface area contributed by atoms with Crippen molar-refractivity contribution >= 4 is 19.7 Å². The first-order valence-electron chi connectivity index (χ1n) is 17.7. The third-order valence-corrected chi connectivity index (χ3v) is 11.5. The van der Waals surface area contributed by atoms with E-state index in [-0.39, 0.29) is 30.8 Å². The van der Waals surface area contributed by atoms with Crippen LogP contribution in [-0.2, 0) is 26.0 Å². The van der Waals surface area contributed by atoms with E-state index in [0.29, 0.717) is 18.5 Å². The van der Waals surface area contributed by atoms with Gasteiger partial charge < -0.3 is 27.8 Å². The summed E-state index contributed by atoms with van der Waals surface area (Å²) in [5.74, 6) is 2.26. The summed E-state index contributed by atoms with van der Waals surface area (Å²) in [6, 6.07) is 29.0. The van der Waals surface area contributed by atoms with Crippen LogP contribution in [0.2, 0.25) is 0 Å². The van der Waals surface area contributed by atoms with Gasteiger partial charge in [-0.3, -0.25) is 0 Å². The maximum atomic E-state index is 9.14. The first-order chi connectivity index (χ1) is 25.3. The van der Waals surface area contributed by atoms with Gasteiger partial charge in [-0.2, -0.15) is 5.26 Å². The Labute approximate surface area is 307 Å². The highest BCUT2D eigenvalue weighted by atomic mass is 31.2. The molecule has 52 heavy (non-hydrogen) atoms. The smallest absolute Gasteiger partial charge is 0.259 e. The maximum Gasteiger partial charge on any atom is 0.259 e. The molecule has 1 atom stereocenters. The summed E-state index contributed by atoms with van der Waals surface area (Å²) < 4.78 is 35.6. The van der Waals surface area contributed by atoms with Crippen LogP contribution in [0.15, 0.2) is 91.4 Å². The molecule has 3 aromatic carbocycles. The number of methoxy groups -OCH3 is 2. The minimum absolute atomic E-state index is 0.0201. The van der Waals surface area contributed by atoms with Gasteiger partial charge >= 0.3 is 0 Å². The molecule has 0 spiro atoms. The number of nitriles is 1. The second-order valence-electron chi connectivity index (χ2n) is 13.3. The van der Waals surface area contributed by atoms with Gasteiger partial charge in [0.15, 0.2) is 5.65 Å². The summed E-state index contributed by atoms with van der Waals surface area (Å²) >= 11 is 0. The molecule has 1 fully saturated rings. The minimum Gasteiger partial charge on any atom is -0.497 e. The Morgan fingerprint density at radius 1 is 0.885 bits per heavy atom. The molecular formula is C40H47N6O5P. The Kier molecular flexibility index (Phi) is 12.2. The maximum absolute atomic E-state index is 9.14. The average molecular weight is 723 g/mol. The van der Waals surface area contributed by atoms with E-state index in [9.17, 15) is 0 Å². The minimum atomic E-state index is -1.35. The van der Waals surface area contributed by atoms with Crippen LogP contribution < -0.4 is 9.47 Å². The predicted molar refractivity (Wildman–Crippen MR) is 201 cm³/mol. The zero-order valence-corrected chi connectivity index (χ0v) is 31.6. The third kappa shape index (κ3) is 7.82. The van der Waals surface area contributed by atoms with Crippen molar-refractivity contribution in [3.63, 3.8) is 0 Å². The summed E-state index contributed by atoms with van der Waals surface area (Å²) in [5.41, 5.74) is 3.30. The van der Waals surface area contributed by atoms with Crippen LogP contribution in [0.4, 0.5) is 0 Å². The molecular weight excluding hydrogens is 675 g/mol. The Morgan fingerprint density at radius 3 is 2.04 bits per heavy atom. The van der Waals surface area contributed by atoms with Gasteiger partial charge in [0.05, 0.1) is 45.6 Å². The summed E-state index contributed by atoms with van der Waals surface area (Å²) in [4.78, 5) is 14.0. The topological polar surface area (TPSA) is 117 Å². The van der Waals surface area contributed by atoms with E-state index >= 15 is 0 Å². The van der Waals surface area contributed by atoms with Crippen LogP contribution in [-0.4, -0.2) is 63.2 Å². The number of benzene rings is 3. The van der Waals surface area contributed by atoms with E-state index in [0.717, 1.165) is 52.5 Å². The van der Waals surface area contributed by atoms with E-state index in [1.165, 1.54) is 0 Å². The number of rotatable bonds is 17. The Morgan fingerprint density at radius 2 is 1.48 bits per heavy atom. The lowest BCUT2D eigenvalue weighted by atomic mass is 9.80. The van der Waals surface area contributed by atoms with Gasteiger partial charge in [0.2, 0.25) is 0 Å². The van der Waals surface area contributed by atoms with Crippen LogP contribution in [0.5, 0.6) is 11.5 Å². The van der Waals surface area contributed by atoms with Crippen molar-refractivity contribution < 1.29 is 23.3 Å². The molecule has 1 aliphatic rings. The molecule has 1 unspecified atom stereocenters. The summed E-state index contributed by atoms with van der Waals surface area (Å²) in [5, 5.41) is 9.14. The molecule has 272 valence electrons. The van der Waals surface area contributed by atoms with Gasteiger partial charge in [-0.25, -0.2) is 19.6 Å². The number of nitrogens with zero attached hydrogens (tertiary/aromatic N) is 6. The highest BCUT2D eigenvalue weighted by Crippen LogP contribution is 2.52. The second-order valence-corrected chi connectivity index (χ2v) is 14.7. The SMILES string of the molecule is COc1ccc(C(OCc2nc3cncnc3n2C2CC(OP(OCCC#N)N(C(C)C)C(C)C)C2)(c2ccccc2)c2ccc(OC)cc2)cc1. The van der Waals surface area contributed by atoms with Gasteiger partial charge in [-0.1, -0.05) is 54.6 Å². The Bertz CT molecular complexity index is 1870. The van der Waals surface area contributed by atoms with Crippen LogP contribution in [0.1, 0.15) is 75.5 Å². The van der Waals surface area contributed by atoms with Crippen LogP contribution in [0, 0.1) is 11.3 Å². The van der Waals surface area contributed by atoms with Crippen molar-refractivity contribution in [3.05, 3.63) is 114 Å². The summed E-state index contributed by atoms with van der Waals surface area (Å²) in [6.07, 6.45) is 5.13. The molecule has 0 aliphatic heterocycles. The van der Waals surface area contributed by atoms with E-state index in [1.54, 1.807) is 26.7 Å². The molecule has 5 aromatic rings. The molecule has 0 radical (unpaired) electrons. The molecule has 12 heteroatoms. The van der Waals surface area contributed by atoms with Crippen molar-refractivity contribution in [2.45, 2.75) is 83.4 Å². The molecule has 1 saturated carbocycles. The highest BCUT2D eigenvalue weighted by molar-refractivity contribution is 7.44. The highest BCUT2D eigenvalue weighted by Gasteiger charge is 2.41. The van der Waals surface area contributed by atoms with Crippen LogP contribution >= 0.6 is 8.53 Å². The lowest BCUT2D eigenvalue weighted by molar-refractivity contribution is -0.00822. The monoisotopic (exact) mass is 722 g/mol. The Hall–Kier alpha value is -4.43. The molecule has 2 heterocycles. The fourth-order valence-corrected chi connectivity index (χ4v) is 8.62.